The third kappa shape index (κ3) is 4.13. The molecule has 0 bridgehead atoms. The molecule has 0 aliphatic carbocycles. The highest BCUT2D eigenvalue weighted by Crippen LogP contribution is 2.43. The predicted octanol–water partition coefficient (Wildman–Crippen LogP) is 11.3. The summed E-state index contributed by atoms with van der Waals surface area (Å²) >= 11 is 0. The van der Waals surface area contributed by atoms with Gasteiger partial charge in [-0.3, -0.25) is 0 Å². The van der Waals surface area contributed by atoms with Crippen molar-refractivity contribution in [3.05, 3.63) is 170 Å². The standard InChI is InChI=1S/C48H28BNO3/c1-4-15-41-34(9-1)35-10-2-5-16-42(35)50(41)32-23-19-29(20-24-32)30-21-25-40-46(28-30)51-45-18-8-13-37-39-27-31(22-26-44(39)53-49(40)47(37)45)33-12-7-14-38-36-11-3-6-17-43(36)52-48(33)38/h1-28H. The van der Waals surface area contributed by atoms with Crippen molar-refractivity contribution in [2.75, 3.05) is 0 Å². The van der Waals surface area contributed by atoms with Crippen LogP contribution in [-0.2, 0) is 0 Å². The van der Waals surface area contributed by atoms with E-state index in [-0.39, 0.29) is 6.92 Å². The largest absolute Gasteiger partial charge is 0.551 e. The molecule has 10 aromatic rings. The number of ether oxygens (including phenoxy) is 1. The van der Waals surface area contributed by atoms with Crippen molar-refractivity contribution in [2.45, 2.75) is 0 Å². The van der Waals surface area contributed by atoms with Gasteiger partial charge in [0.05, 0.1) is 11.0 Å². The summed E-state index contributed by atoms with van der Waals surface area (Å²) in [6.07, 6.45) is 0. The molecule has 2 aliphatic rings. The normalized spacial score (nSPS) is 12.8. The summed E-state index contributed by atoms with van der Waals surface area (Å²) in [5.41, 5.74) is 14.0. The quantitative estimate of drug-likeness (QED) is 0.175. The van der Waals surface area contributed by atoms with E-state index in [1.54, 1.807) is 0 Å². The molecule has 0 spiro atoms. The van der Waals surface area contributed by atoms with Crippen LogP contribution in [0.4, 0.5) is 0 Å². The molecule has 8 aromatic carbocycles. The number of hydrogen-bond acceptors (Lipinski definition) is 3. The van der Waals surface area contributed by atoms with Crippen molar-refractivity contribution >= 4 is 61.6 Å². The molecule has 0 atom stereocenters. The lowest BCUT2D eigenvalue weighted by Crippen LogP contribution is -2.53. The van der Waals surface area contributed by atoms with Crippen LogP contribution in [0.15, 0.2) is 174 Å². The van der Waals surface area contributed by atoms with Gasteiger partial charge in [0.1, 0.15) is 28.4 Å². The van der Waals surface area contributed by atoms with Crippen LogP contribution in [0.5, 0.6) is 17.2 Å². The number of aromatic nitrogens is 1. The number of rotatable bonds is 3. The molecule has 0 unspecified atom stereocenters. The third-order valence-electron chi connectivity index (χ3n) is 11.1. The van der Waals surface area contributed by atoms with Gasteiger partial charge >= 0.3 is 6.92 Å². The number of furan rings is 1. The first kappa shape index (κ1) is 28.7. The molecule has 0 N–H and O–H groups in total. The van der Waals surface area contributed by atoms with Crippen molar-refractivity contribution < 1.29 is 13.8 Å². The van der Waals surface area contributed by atoms with Crippen molar-refractivity contribution in [1.29, 1.82) is 0 Å². The van der Waals surface area contributed by atoms with Gasteiger partial charge in [0.25, 0.3) is 0 Å². The highest BCUT2D eigenvalue weighted by atomic mass is 16.5. The van der Waals surface area contributed by atoms with E-state index in [2.05, 4.69) is 162 Å². The molecule has 53 heavy (non-hydrogen) atoms. The maximum atomic E-state index is 6.86. The van der Waals surface area contributed by atoms with Crippen LogP contribution in [0, 0.1) is 0 Å². The molecule has 4 heterocycles. The fourth-order valence-electron chi connectivity index (χ4n) is 8.67. The molecule has 2 aromatic heterocycles. The first-order valence-corrected chi connectivity index (χ1v) is 18.0. The maximum absolute atomic E-state index is 6.86. The molecule has 4 nitrogen and oxygen atoms in total. The molecule has 0 radical (unpaired) electrons. The van der Waals surface area contributed by atoms with E-state index in [4.69, 9.17) is 13.8 Å². The highest BCUT2D eigenvalue weighted by Gasteiger charge is 2.40. The Hall–Kier alpha value is -6.98. The van der Waals surface area contributed by atoms with Gasteiger partial charge in [-0.2, -0.15) is 0 Å². The fourth-order valence-corrected chi connectivity index (χ4v) is 8.67. The van der Waals surface area contributed by atoms with E-state index in [0.717, 1.165) is 89.2 Å². The van der Waals surface area contributed by atoms with E-state index >= 15 is 0 Å². The minimum absolute atomic E-state index is 0.270. The zero-order valence-electron chi connectivity index (χ0n) is 28.4. The number of para-hydroxylation sites is 4. The van der Waals surface area contributed by atoms with Gasteiger partial charge in [-0.15, -0.1) is 0 Å². The number of benzene rings is 8. The zero-order valence-corrected chi connectivity index (χ0v) is 28.4. The van der Waals surface area contributed by atoms with Crippen LogP contribution in [0.3, 0.4) is 0 Å². The lowest BCUT2D eigenvalue weighted by Gasteiger charge is -2.33. The third-order valence-corrected chi connectivity index (χ3v) is 11.1. The summed E-state index contributed by atoms with van der Waals surface area (Å²) in [4.78, 5) is 0. The Morgan fingerprint density at radius 2 is 1.11 bits per heavy atom. The van der Waals surface area contributed by atoms with Crippen molar-refractivity contribution in [1.82, 2.24) is 4.57 Å². The molecule has 0 amide bonds. The molecule has 2 aliphatic heterocycles. The Bertz CT molecular complexity index is 3080. The number of fused-ring (bicyclic) bond motifs is 10. The molecule has 246 valence electrons. The number of hydrogen-bond donors (Lipinski definition) is 0. The maximum Gasteiger partial charge on any atom is 0.434 e. The van der Waals surface area contributed by atoms with Gasteiger partial charge in [-0.05, 0) is 76.9 Å². The lowest BCUT2D eigenvalue weighted by molar-refractivity contribution is 0.479. The Morgan fingerprint density at radius 3 is 1.94 bits per heavy atom. The van der Waals surface area contributed by atoms with Gasteiger partial charge in [0.2, 0.25) is 0 Å². The number of nitrogens with zero attached hydrogens (tertiary/aromatic N) is 1. The summed E-state index contributed by atoms with van der Waals surface area (Å²) in [7, 11) is 0. The van der Waals surface area contributed by atoms with E-state index in [1.807, 2.05) is 12.1 Å². The smallest absolute Gasteiger partial charge is 0.434 e. The Balaban J connectivity index is 0.904. The molecular formula is C48H28BNO3. The van der Waals surface area contributed by atoms with Crippen LogP contribution in [0.2, 0.25) is 0 Å². The monoisotopic (exact) mass is 677 g/mol. The van der Waals surface area contributed by atoms with Crippen molar-refractivity contribution in [3.8, 4) is 56.3 Å². The van der Waals surface area contributed by atoms with E-state index < -0.39 is 0 Å². The summed E-state index contributed by atoms with van der Waals surface area (Å²) in [5.74, 6) is 2.51. The topological polar surface area (TPSA) is 36.5 Å². The first-order chi connectivity index (χ1) is 26.3. The minimum Gasteiger partial charge on any atom is -0.551 e. The van der Waals surface area contributed by atoms with Crippen molar-refractivity contribution in [2.24, 2.45) is 0 Å². The molecule has 0 fully saturated rings. The van der Waals surface area contributed by atoms with Gasteiger partial charge in [0.15, 0.2) is 0 Å². The van der Waals surface area contributed by atoms with Gasteiger partial charge in [-0.25, -0.2) is 0 Å². The van der Waals surface area contributed by atoms with Gasteiger partial charge in [-0.1, -0.05) is 115 Å². The molecular weight excluding hydrogens is 649 g/mol. The van der Waals surface area contributed by atoms with E-state index in [1.165, 1.54) is 21.8 Å². The molecule has 5 heteroatoms. The Kier molecular flexibility index (Phi) is 5.83. The summed E-state index contributed by atoms with van der Waals surface area (Å²) in [6.45, 7) is -0.270. The van der Waals surface area contributed by atoms with Gasteiger partial charge in [0, 0.05) is 49.3 Å². The summed E-state index contributed by atoms with van der Waals surface area (Å²) in [5, 5.41) is 4.76. The second kappa shape index (κ2) is 10.8. The summed E-state index contributed by atoms with van der Waals surface area (Å²) < 4.78 is 22.3. The first-order valence-electron chi connectivity index (χ1n) is 18.0. The summed E-state index contributed by atoms with van der Waals surface area (Å²) in [6, 6.07) is 59.9. The highest BCUT2D eigenvalue weighted by molar-refractivity contribution is 6.84. The second-order valence-corrected chi connectivity index (χ2v) is 14.0. The van der Waals surface area contributed by atoms with Crippen LogP contribution >= 0.6 is 0 Å². The fraction of sp³-hybridized carbons (Fsp3) is 0. The Labute approximate surface area is 305 Å². The van der Waals surface area contributed by atoms with Crippen LogP contribution in [-0.4, -0.2) is 11.5 Å². The molecule has 12 rings (SSSR count). The second-order valence-electron chi connectivity index (χ2n) is 14.0. The minimum atomic E-state index is -0.270. The average Bonchev–Trinajstić information content (AvgIpc) is 3.77. The van der Waals surface area contributed by atoms with Crippen LogP contribution < -0.4 is 20.3 Å². The predicted molar refractivity (Wildman–Crippen MR) is 217 cm³/mol. The SMILES string of the molecule is c1cc2c3c(c1)-c1cc(-c4cccc5c4oc4ccccc45)ccc1OB3c1ccc(-c3ccc(-n4c5ccccc5c5ccccc54)cc3)cc1O2. The van der Waals surface area contributed by atoms with E-state index in [0.29, 0.717) is 0 Å². The molecule has 0 saturated heterocycles. The van der Waals surface area contributed by atoms with E-state index in [9.17, 15) is 0 Å². The van der Waals surface area contributed by atoms with Crippen LogP contribution in [0.25, 0.3) is 82.8 Å². The zero-order chi connectivity index (χ0) is 34.6. The average molecular weight is 678 g/mol. The lowest BCUT2D eigenvalue weighted by atomic mass is 9.51. The van der Waals surface area contributed by atoms with Gasteiger partial charge < -0.3 is 18.4 Å². The molecule has 0 saturated carbocycles. The van der Waals surface area contributed by atoms with Crippen molar-refractivity contribution in [3.63, 3.8) is 0 Å². The Morgan fingerprint density at radius 1 is 0.434 bits per heavy atom. The van der Waals surface area contributed by atoms with Crippen LogP contribution in [0.1, 0.15) is 0 Å².